The van der Waals surface area contributed by atoms with Crippen LogP contribution in [0.25, 0.3) is 0 Å². The van der Waals surface area contributed by atoms with Gasteiger partial charge in [0.2, 0.25) is 5.60 Å². The van der Waals surface area contributed by atoms with Gasteiger partial charge in [-0.3, -0.25) is 4.79 Å². The third-order valence-corrected chi connectivity index (χ3v) is 8.12. The number of piperidine rings is 3. The van der Waals surface area contributed by atoms with Crippen LogP contribution in [0.4, 0.5) is 5.82 Å². The minimum absolute atomic E-state index is 0.118. The molecule has 8 nitrogen and oxygen atoms in total. The van der Waals surface area contributed by atoms with Crippen LogP contribution in [0.1, 0.15) is 35.1 Å². The van der Waals surface area contributed by atoms with Gasteiger partial charge in [0.15, 0.2) is 12.6 Å². The molecule has 36 heavy (non-hydrogen) atoms. The van der Waals surface area contributed by atoms with Crippen molar-refractivity contribution < 1.29 is 23.9 Å². The van der Waals surface area contributed by atoms with E-state index >= 15 is 0 Å². The summed E-state index contributed by atoms with van der Waals surface area (Å²) in [7, 11) is 0. The zero-order chi connectivity index (χ0) is 24.8. The Labute approximate surface area is 209 Å². The van der Waals surface area contributed by atoms with Crippen molar-refractivity contribution in [3.05, 3.63) is 89.4 Å². The SMILES string of the molecule is O=C(C[N+]12CCC(CC1)C(OC(=O)C1(O)c3ccccc3Cc3ccccc31)C2)Nc1ccncn1. The number of quaternary nitrogens is 1. The molecule has 1 aliphatic carbocycles. The molecule has 8 heteroatoms. The fourth-order valence-corrected chi connectivity index (χ4v) is 6.28. The first-order chi connectivity index (χ1) is 17.5. The summed E-state index contributed by atoms with van der Waals surface area (Å²) in [6.45, 7) is 2.59. The Morgan fingerprint density at radius 3 is 2.33 bits per heavy atom. The van der Waals surface area contributed by atoms with Crippen LogP contribution < -0.4 is 5.32 Å². The second-order valence-corrected chi connectivity index (χ2v) is 10.3. The van der Waals surface area contributed by atoms with E-state index in [2.05, 4.69) is 15.3 Å². The first kappa shape index (κ1) is 22.8. The van der Waals surface area contributed by atoms with Crippen molar-refractivity contribution in [2.24, 2.45) is 5.92 Å². The molecule has 4 aliphatic rings. The molecule has 3 saturated heterocycles. The van der Waals surface area contributed by atoms with Crippen LogP contribution >= 0.6 is 0 Å². The summed E-state index contributed by atoms with van der Waals surface area (Å²) in [5.41, 5.74) is 1.17. The molecule has 2 N–H and O–H groups in total. The molecule has 7 rings (SSSR count). The van der Waals surface area contributed by atoms with E-state index in [1.165, 1.54) is 6.33 Å². The molecule has 3 aromatic rings. The third kappa shape index (κ3) is 3.86. The number of nitrogens with zero attached hydrogens (tertiary/aromatic N) is 3. The summed E-state index contributed by atoms with van der Waals surface area (Å²) in [4.78, 5) is 34.6. The summed E-state index contributed by atoms with van der Waals surface area (Å²) in [5.74, 6) is -0.0474. The number of hydrogen-bond acceptors (Lipinski definition) is 6. The standard InChI is InChI=1S/C28H28N4O4/c33-26(31-25-9-12-29-18-30-25)17-32-13-10-19(11-14-32)24(16-32)36-27(34)28(35)22-7-3-1-5-20(22)15-21-6-2-4-8-23(21)28/h1-9,12,18-19,24,35H,10-11,13-17H2/p+1. The molecule has 0 spiro atoms. The summed E-state index contributed by atoms with van der Waals surface area (Å²) in [5, 5.41) is 14.8. The highest BCUT2D eigenvalue weighted by Crippen LogP contribution is 2.42. The first-order valence-electron chi connectivity index (χ1n) is 12.5. The van der Waals surface area contributed by atoms with Crippen molar-refractivity contribution in [2.75, 3.05) is 31.5 Å². The molecule has 184 valence electrons. The molecule has 2 aromatic carbocycles. The predicted molar refractivity (Wildman–Crippen MR) is 132 cm³/mol. The number of carbonyl (C=O) groups is 2. The van der Waals surface area contributed by atoms with Crippen LogP contribution in [0.2, 0.25) is 0 Å². The number of aromatic nitrogens is 2. The van der Waals surface area contributed by atoms with Gasteiger partial charge in [0.25, 0.3) is 5.91 Å². The molecule has 0 radical (unpaired) electrons. The van der Waals surface area contributed by atoms with E-state index in [1.807, 2.05) is 48.5 Å². The number of amides is 1. The number of rotatable bonds is 5. The van der Waals surface area contributed by atoms with E-state index in [1.54, 1.807) is 12.3 Å². The third-order valence-electron chi connectivity index (χ3n) is 8.12. The van der Waals surface area contributed by atoms with Gasteiger partial charge >= 0.3 is 5.97 Å². The molecular weight excluding hydrogens is 456 g/mol. The predicted octanol–water partition coefficient (Wildman–Crippen LogP) is 2.41. The van der Waals surface area contributed by atoms with Crippen molar-refractivity contribution in [3.8, 4) is 0 Å². The number of benzene rings is 2. The number of fused-ring (bicyclic) bond motifs is 5. The van der Waals surface area contributed by atoms with Gasteiger partial charge in [-0.15, -0.1) is 0 Å². The highest BCUT2D eigenvalue weighted by Gasteiger charge is 2.52. The average molecular weight is 486 g/mol. The Balaban J connectivity index is 1.23. The van der Waals surface area contributed by atoms with Crippen molar-refractivity contribution >= 4 is 17.7 Å². The lowest BCUT2D eigenvalue weighted by molar-refractivity contribution is -0.939. The topological polar surface area (TPSA) is 101 Å². The summed E-state index contributed by atoms with van der Waals surface area (Å²) in [6.07, 6.45) is 5.06. The van der Waals surface area contributed by atoms with Crippen LogP contribution in [-0.2, 0) is 26.3 Å². The van der Waals surface area contributed by atoms with Gasteiger partial charge in [-0.05, 0) is 23.6 Å². The second-order valence-electron chi connectivity index (χ2n) is 10.3. The van der Waals surface area contributed by atoms with Gasteiger partial charge in [0.05, 0.1) is 13.1 Å². The molecular formula is C28H29N4O4+. The van der Waals surface area contributed by atoms with Crippen LogP contribution in [0.15, 0.2) is 67.1 Å². The van der Waals surface area contributed by atoms with E-state index in [9.17, 15) is 14.7 Å². The molecule has 3 aliphatic heterocycles. The van der Waals surface area contributed by atoms with E-state index in [0.29, 0.717) is 40.9 Å². The molecule has 1 atom stereocenters. The molecule has 0 saturated carbocycles. The summed E-state index contributed by atoms with van der Waals surface area (Å²) < 4.78 is 6.72. The Hall–Kier alpha value is -3.62. The quantitative estimate of drug-likeness (QED) is 0.425. The Morgan fingerprint density at radius 1 is 1.03 bits per heavy atom. The number of aliphatic hydroxyl groups is 1. The molecule has 1 amide bonds. The lowest BCUT2D eigenvalue weighted by Crippen LogP contribution is -2.66. The molecule has 4 heterocycles. The Bertz CT molecular complexity index is 1260. The Kier molecular flexibility index (Phi) is 5.58. The number of nitrogens with one attached hydrogen (secondary N) is 1. The molecule has 3 fully saturated rings. The zero-order valence-corrected chi connectivity index (χ0v) is 20.0. The van der Waals surface area contributed by atoms with Crippen LogP contribution in [-0.4, -0.2) is 63.7 Å². The van der Waals surface area contributed by atoms with Crippen molar-refractivity contribution in [1.29, 1.82) is 0 Å². The van der Waals surface area contributed by atoms with Gasteiger partial charge in [-0.1, -0.05) is 48.5 Å². The van der Waals surface area contributed by atoms with Crippen molar-refractivity contribution in [3.63, 3.8) is 0 Å². The van der Waals surface area contributed by atoms with Crippen molar-refractivity contribution in [2.45, 2.75) is 31.0 Å². The normalized spacial score (nSPS) is 25.4. The average Bonchev–Trinajstić information content (AvgIpc) is 2.90. The second kappa shape index (κ2) is 8.80. The lowest BCUT2D eigenvalue weighted by atomic mass is 9.74. The van der Waals surface area contributed by atoms with Gasteiger partial charge < -0.3 is 19.6 Å². The number of anilines is 1. The summed E-state index contributed by atoms with van der Waals surface area (Å²) in [6, 6.07) is 16.7. The number of hydrogen-bond donors (Lipinski definition) is 2. The van der Waals surface area contributed by atoms with E-state index in [4.69, 9.17) is 4.74 Å². The van der Waals surface area contributed by atoms with E-state index in [0.717, 1.165) is 37.1 Å². The number of ether oxygens (including phenoxy) is 1. The number of esters is 1. The smallest absolute Gasteiger partial charge is 0.348 e. The molecule has 1 aromatic heterocycles. The number of carbonyl (C=O) groups excluding carboxylic acids is 2. The lowest BCUT2D eigenvalue weighted by Gasteiger charge is -2.51. The van der Waals surface area contributed by atoms with Gasteiger partial charge in [0.1, 0.15) is 18.7 Å². The first-order valence-corrected chi connectivity index (χ1v) is 12.5. The highest BCUT2D eigenvalue weighted by molar-refractivity contribution is 5.90. The van der Waals surface area contributed by atoms with Gasteiger partial charge in [0, 0.05) is 36.1 Å². The van der Waals surface area contributed by atoms with E-state index < -0.39 is 11.6 Å². The molecule has 1 unspecified atom stereocenters. The fraction of sp³-hybridized carbons (Fsp3) is 0.357. The summed E-state index contributed by atoms with van der Waals surface area (Å²) >= 11 is 0. The van der Waals surface area contributed by atoms with Gasteiger partial charge in [-0.2, -0.15) is 0 Å². The zero-order valence-electron chi connectivity index (χ0n) is 20.0. The highest BCUT2D eigenvalue weighted by atomic mass is 16.6. The van der Waals surface area contributed by atoms with Crippen LogP contribution in [0.5, 0.6) is 0 Å². The maximum atomic E-state index is 13.8. The minimum atomic E-state index is -1.85. The van der Waals surface area contributed by atoms with E-state index in [-0.39, 0.29) is 17.9 Å². The maximum absolute atomic E-state index is 13.8. The maximum Gasteiger partial charge on any atom is 0.348 e. The fourth-order valence-electron chi connectivity index (χ4n) is 6.28. The monoisotopic (exact) mass is 485 g/mol. The molecule has 2 bridgehead atoms. The van der Waals surface area contributed by atoms with Crippen LogP contribution in [0, 0.1) is 5.92 Å². The van der Waals surface area contributed by atoms with Crippen molar-refractivity contribution in [1.82, 2.24) is 9.97 Å². The van der Waals surface area contributed by atoms with Crippen LogP contribution in [0.3, 0.4) is 0 Å². The largest absolute Gasteiger partial charge is 0.453 e. The minimum Gasteiger partial charge on any atom is -0.453 e. The van der Waals surface area contributed by atoms with Gasteiger partial charge in [-0.25, -0.2) is 14.8 Å². The Morgan fingerprint density at radius 2 is 1.69 bits per heavy atom.